The zero-order valence-corrected chi connectivity index (χ0v) is 18.0. The topological polar surface area (TPSA) is 79.4 Å². The fourth-order valence-corrected chi connectivity index (χ4v) is 3.09. The van der Waals surface area contributed by atoms with Crippen molar-refractivity contribution in [3.63, 3.8) is 0 Å². The summed E-state index contributed by atoms with van der Waals surface area (Å²) in [7, 11) is 1.62. The molecule has 0 aliphatic heterocycles. The maximum absolute atomic E-state index is 13.2. The summed E-state index contributed by atoms with van der Waals surface area (Å²) < 4.78 is 5.13. The van der Waals surface area contributed by atoms with E-state index in [-0.39, 0.29) is 6.04 Å². The average Bonchev–Trinajstić information content (AvgIpc) is 2.72. The molecule has 3 aromatic rings. The number of anilines is 4. The quantitative estimate of drug-likeness (QED) is 0.494. The molecule has 0 bridgehead atoms. The van der Waals surface area contributed by atoms with Crippen molar-refractivity contribution in [2.24, 2.45) is 0 Å². The highest BCUT2D eigenvalue weighted by Gasteiger charge is 2.21. The molecule has 1 atom stereocenters. The van der Waals surface area contributed by atoms with Crippen molar-refractivity contribution in [1.29, 1.82) is 0 Å². The van der Waals surface area contributed by atoms with E-state index in [1.54, 1.807) is 37.6 Å². The number of aromatic nitrogens is 2. The van der Waals surface area contributed by atoms with Crippen molar-refractivity contribution in [2.75, 3.05) is 29.3 Å². The summed E-state index contributed by atoms with van der Waals surface area (Å²) in [4.78, 5) is 23.4. The Kier molecular flexibility index (Phi) is 7.46. The molecule has 1 unspecified atom stereocenters. The van der Waals surface area contributed by atoms with Crippen molar-refractivity contribution in [1.82, 2.24) is 9.97 Å². The van der Waals surface area contributed by atoms with Crippen LogP contribution in [0.1, 0.15) is 6.92 Å². The van der Waals surface area contributed by atoms with E-state index in [1.807, 2.05) is 37.3 Å². The molecular formula is C21H21Cl2N5O2. The highest BCUT2D eigenvalue weighted by atomic mass is 35.5. The first-order valence-corrected chi connectivity index (χ1v) is 9.93. The smallest absolute Gasteiger partial charge is 0.332 e. The van der Waals surface area contributed by atoms with E-state index in [0.717, 1.165) is 0 Å². The van der Waals surface area contributed by atoms with E-state index in [9.17, 15) is 4.79 Å². The van der Waals surface area contributed by atoms with Crippen LogP contribution in [0.5, 0.6) is 0 Å². The molecule has 7 nitrogen and oxygen atoms in total. The van der Waals surface area contributed by atoms with Crippen molar-refractivity contribution in [2.45, 2.75) is 13.0 Å². The molecule has 2 amide bonds. The summed E-state index contributed by atoms with van der Waals surface area (Å²) in [5, 5.41) is 6.78. The largest absolute Gasteiger partial charge is 0.383 e. The van der Waals surface area contributed by atoms with Crippen LogP contribution in [0.25, 0.3) is 0 Å². The summed E-state index contributed by atoms with van der Waals surface area (Å²) in [6.07, 6.45) is 1.58. The Morgan fingerprint density at radius 2 is 1.93 bits per heavy atom. The predicted octanol–water partition coefficient (Wildman–Crippen LogP) is 5.60. The Morgan fingerprint density at radius 3 is 2.67 bits per heavy atom. The first-order valence-electron chi connectivity index (χ1n) is 9.17. The molecule has 30 heavy (non-hydrogen) atoms. The molecule has 2 N–H and O–H groups in total. The predicted molar refractivity (Wildman–Crippen MR) is 121 cm³/mol. The van der Waals surface area contributed by atoms with Crippen LogP contribution < -0.4 is 15.5 Å². The van der Waals surface area contributed by atoms with Gasteiger partial charge in [0.25, 0.3) is 0 Å². The van der Waals surface area contributed by atoms with Crippen LogP contribution in [0.15, 0.2) is 60.8 Å². The summed E-state index contributed by atoms with van der Waals surface area (Å²) in [5.74, 6) is 0.769. The van der Waals surface area contributed by atoms with E-state index in [4.69, 9.17) is 27.9 Å². The lowest BCUT2D eigenvalue weighted by Crippen LogP contribution is -2.32. The molecule has 9 heteroatoms. The lowest BCUT2D eigenvalue weighted by atomic mass is 10.3. The number of nitrogens with one attached hydrogen (secondary N) is 2. The van der Waals surface area contributed by atoms with Gasteiger partial charge in [-0.2, -0.15) is 4.98 Å². The van der Waals surface area contributed by atoms with Crippen LogP contribution in [-0.4, -0.2) is 35.8 Å². The van der Waals surface area contributed by atoms with Crippen molar-refractivity contribution in [3.8, 4) is 0 Å². The number of amides is 2. The number of benzene rings is 2. The number of hydrogen-bond acceptors (Lipinski definition) is 5. The Morgan fingerprint density at radius 1 is 1.17 bits per heavy atom. The van der Waals surface area contributed by atoms with Crippen LogP contribution in [0.4, 0.5) is 27.9 Å². The van der Waals surface area contributed by atoms with Crippen LogP contribution in [0, 0.1) is 0 Å². The molecule has 0 saturated heterocycles. The lowest BCUT2D eigenvalue weighted by Gasteiger charge is -2.23. The molecule has 0 spiro atoms. The number of methoxy groups -OCH3 is 1. The van der Waals surface area contributed by atoms with Gasteiger partial charge in [0, 0.05) is 30.4 Å². The minimum atomic E-state index is -0.444. The second-order valence-corrected chi connectivity index (χ2v) is 7.31. The minimum Gasteiger partial charge on any atom is -0.383 e. The van der Waals surface area contributed by atoms with E-state index in [0.29, 0.717) is 39.8 Å². The van der Waals surface area contributed by atoms with Gasteiger partial charge in [-0.05, 0) is 37.3 Å². The minimum absolute atomic E-state index is 0.00507. The summed E-state index contributed by atoms with van der Waals surface area (Å²) >= 11 is 12.3. The van der Waals surface area contributed by atoms with E-state index in [2.05, 4.69) is 20.6 Å². The van der Waals surface area contributed by atoms with Gasteiger partial charge in [-0.3, -0.25) is 0 Å². The number of hydrogen-bond donors (Lipinski definition) is 2. The molecule has 0 saturated carbocycles. The number of ether oxygens (including phenoxy) is 1. The molecule has 1 heterocycles. The van der Waals surface area contributed by atoms with Crippen LogP contribution in [0.3, 0.4) is 0 Å². The Bertz CT molecular complexity index is 1000. The second kappa shape index (κ2) is 10.2. The van der Waals surface area contributed by atoms with Gasteiger partial charge in [0.1, 0.15) is 5.82 Å². The SMILES string of the molecule is COCC(C)Nc1nccc(N(C(=O)Nc2cc(Cl)ccc2Cl)c2ccccc2)n1. The number of urea groups is 1. The third-order valence-electron chi connectivity index (χ3n) is 4.05. The van der Waals surface area contributed by atoms with Gasteiger partial charge in [-0.1, -0.05) is 41.4 Å². The third kappa shape index (κ3) is 5.60. The van der Waals surface area contributed by atoms with E-state index in [1.165, 1.54) is 4.90 Å². The number of carbonyl (C=O) groups excluding carboxylic acids is 1. The molecule has 0 radical (unpaired) electrons. The van der Waals surface area contributed by atoms with Crippen LogP contribution >= 0.6 is 23.2 Å². The standard InChI is InChI=1S/C21H21Cl2N5O2/c1-14(13-30-2)25-20-24-11-10-19(27-20)28(16-6-4-3-5-7-16)21(29)26-18-12-15(22)8-9-17(18)23/h3-12,14H,13H2,1-2H3,(H,26,29)(H,24,25,27). The normalized spacial score (nSPS) is 11.6. The Hall–Kier alpha value is -2.87. The Balaban J connectivity index is 1.94. The van der Waals surface area contributed by atoms with Gasteiger partial charge in [0.15, 0.2) is 0 Å². The number of halogens is 2. The summed E-state index contributed by atoms with van der Waals surface area (Å²) in [6.45, 7) is 2.44. The number of nitrogens with zero attached hydrogens (tertiary/aromatic N) is 3. The fraction of sp³-hybridized carbons (Fsp3) is 0.190. The van der Waals surface area contributed by atoms with Gasteiger partial charge < -0.3 is 15.4 Å². The van der Waals surface area contributed by atoms with Gasteiger partial charge in [-0.25, -0.2) is 14.7 Å². The molecule has 0 aliphatic carbocycles. The van der Waals surface area contributed by atoms with Gasteiger partial charge in [0.05, 0.1) is 23.0 Å². The lowest BCUT2D eigenvalue weighted by molar-refractivity contribution is 0.190. The van der Waals surface area contributed by atoms with Crippen LogP contribution in [0.2, 0.25) is 10.0 Å². The molecule has 2 aromatic carbocycles. The van der Waals surface area contributed by atoms with Crippen molar-refractivity contribution in [3.05, 3.63) is 70.8 Å². The molecule has 1 aromatic heterocycles. The summed E-state index contributed by atoms with van der Waals surface area (Å²) in [6, 6.07) is 15.2. The zero-order valence-electron chi connectivity index (χ0n) is 16.5. The molecule has 156 valence electrons. The highest BCUT2D eigenvalue weighted by molar-refractivity contribution is 6.35. The van der Waals surface area contributed by atoms with Crippen LogP contribution in [-0.2, 0) is 4.74 Å². The maximum atomic E-state index is 13.2. The number of carbonyl (C=O) groups is 1. The van der Waals surface area contributed by atoms with E-state index < -0.39 is 6.03 Å². The van der Waals surface area contributed by atoms with Gasteiger partial charge in [0.2, 0.25) is 5.95 Å². The Labute approximate surface area is 185 Å². The van der Waals surface area contributed by atoms with Crippen molar-refractivity contribution < 1.29 is 9.53 Å². The average molecular weight is 446 g/mol. The highest BCUT2D eigenvalue weighted by Crippen LogP contribution is 2.29. The van der Waals surface area contributed by atoms with E-state index >= 15 is 0 Å². The maximum Gasteiger partial charge on any atom is 0.332 e. The number of rotatable bonds is 7. The first-order chi connectivity index (χ1) is 14.5. The zero-order chi connectivity index (χ0) is 21.5. The van der Waals surface area contributed by atoms with Gasteiger partial charge in [-0.15, -0.1) is 0 Å². The second-order valence-electron chi connectivity index (χ2n) is 6.46. The fourth-order valence-electron chi connectivity index (χ4n) is 2.75. The third-order valence-corrected chi connectivity index (χ3v) is 4.61. The summed E-state index contributed by atoms with van der Waals surface area (Å²) in [5.41, 5.74) is 1.03. The molecular weight excluding hydrogens is 425 g/mol. The molecule has 0 aliphatic rings. The molecule has 0 fully saturated rings. The monoisotopic (exact) mass is 445 g/mol. The first kappa shape index (κ1) is 21.8. The van der Waals surface area contributed by atoms with Gasteiger partial charge >= 0.3 is 6.03 Å². The molecule has 3 rings (SSSR count). The number of para-hydroxylation sites is 1. The van der Waals surface area contributed by atoms with Crippen molar-refractivity contribution >= 4 is 52.4 Å².